The maximum Gasteiger partial charge on any atom is 0.416 e. The summed E-state index contributed by atoms with van der Waals surface area (Å²) in [6.07, 6.45) is -5.11. The van der Waals surface area contributed by atoms with Crippen molar-refractivity contribution in [2.75, 3.05) is 5.32 Å². The van der Waals surface area contributed by atoms with E-state index in [4.69, 9.17) is 4.43 Å². The number of anilines is 1. The van der Waals surface area contributed by atoms with Crippen molar-refractivity contribution in [1.29, 1.82) is 5.26 Å². The molecule has 1 amide bonds. The highest BCUT2D eigenvalue weighted by molar-refractivity contribution is 6.77. The lowest BCUT2D eigenvalue weighted by Crippen LogP contribution is -2.49. The zero-order valence-electron chi connectivity index (χ0n) is 20.4. The molecule has 0 bridgehead atoms. The van der Waals surface area contributed by atoms with Gasteiger partial charge in [-0.05, 0) is 47.8 Å². The Morgan fingerprint density at radius 2 is 1.55 bits per heavy atom. The Labute approximate surface area is 195 Å². The molecule has 0 aromatic heterocycles. The standard InChI is InChI=1S/C24H35F3N2O3Si/c1-15(2)33(16(3)4,17(5)6)32-18(7)12-22(30)19(14-28)13-23(31)29-21-10-8-20(9-11-21)24(25,26)27/h8-11,15-18,30H,12-13H2,1-7H3,(H,29,31)/t18-/m1/s1. The Balaban J connectivity index is 2.90. The summed E-state index contributed by atoms with van der Waals surface area (Å²) in [5.41, 5.74) is 0.320. The number of carbonyl (C=O) groups excluding carboxylic acids is 1. The molecule has 0 aliphatic heterocycles. The van der Waals surface area contributed by atoms with Gasteiger partial charge in [-0.25, -0.2) is 0 Å². The molecule has 0 saturated heterocycles. The van der Waals surface area contributed by atoms with Crippen LogP contribution in [-0.4, -0.2) is 25.4 Å². The number of nitrogens with one attached hydrogen (secondary N) is 1. The molecule has 0 aliphatic rings. The molecule has 0 unspecified atom stereocenters. The van der Waals surface area contributed by atoms with Crippen molar-refractivity contribution in [3.8, 4) is 6.07 Å². The van der Waals surface area contributed by atoms with Crippen LogP contribution in [0, 0.1) is 11.3 Å². The molecule has 33 heavy (non-hydrogen) atoms. The Morgan fingerprint density at radius 1 is 1.06 bits per heavy atom. The van der Waals surface area contributed by atoms with Gasteiger partial charge < -0.3 is 14.8 Å². The number of aliphatic hydroxyl groups excluding tert-OH is 1. The molecule has 5 nitrogen and oxygen atoms in total. The van der Waals surface area contributed by atoms with Crippen LogP contribution < -0.4 is 5.32 Å². The number of halogens is 3. The Hall–Kier alpha value is -2.31. The lowest BCUT2D eigenvalue weighted by atomic mass is 10.1. The monoisotopic (exact) mass is 484 g/mol. The van der Waals surface area contributed by atoms with Crippen LogP contribution in [0.5, 0.6) is 0 Å². The second-order valence-electron chi connectivity index (χ2n) is 9.29. The van der Waals surface area contributed by atoms with E-state index in [0.29, 0.717) is 16.6 Å². The number of rotatable bonds is 10. The molecule has 9 heteroatoms. The highest BCUT2D eigenvalue weighted by Crippen LogP contribution is 2.43. The molecule has 0 heterocycles. The van der Waals surface area contributed by atoms with Crippen LogP contribution in [0.4, 0.5) is 18.9 Å². The predicted molar refractivity (Wildman–Crippen MR) is 126 cm³/mol. The molecular formula is C24H35F3N2O3Si. The van der Waals surface area contributed by atoms with E-state index in [2.05, 4.69) is 46.9 Å². The van der Waals surface area contributed by atoms with E-state index in [1.807, 2.05) is 13.0 Å². The van der Waals surface area contributed by atoms with E-state index in [1.165, 1.54) is 0 Å². The number of aliphatic hydroxyl groups is 1. The highest BCUT2D eigenvalue weighted by atomic mass is 28.4. The minimum Gasteiger partial charge on any atom is -0.511 e. The number of hydrogen-bond donors (Lipinski definition) is 2. The Bertz CT molecular complexity index is 851. The first-order valence-electron chi connectivity index (χ1n) is 11.1. The maximum atomic E-state index is 12.7. The van der Waals surface area contributed by atoms with Gasteiger partial charge in [0.15, 0.2) is 0 Å². The van der Waals surface area contributed by atoms with Gasteiger partial charge in [0.1, 0.15) is 5.76 Å². The minimum absolute atomic E-state index is 0.0946. The van der Waals surface area contributed by atoms with Crippen LogP contribution in [-0.2, 0) is 15.4 Å². The summed E-state index contributed by atoms with van der Waals surface area (Å²) in [6.45, 7) is 14.8. The zero-order valence-corrected chi connectivity index (χ0v) is 21.4. The predicted octanol–water partition coefficient (Wildman–Crippen LogP) is 7.34. The number of hydrogen-bond acceptors (Lipinski definition) is 4. The van der Waals surface area contributed by atoms with Crippen LogP contribution in [0.2, 0.25) is 16.6 Å². The summed E-state index contributed by atoms with van der Waals surface area (Å²) in [5, 5.41) is 22.4. The van der Waals surface area contributed by atoms with Gasteiger partial charge in [0.05, 0.1) is 23.6 Å². The molecule has 184 valence electrons. The Morgan fingerprint density at radius 3 is 1.94 bits per heavy atom. The number of alkyl halides is 3. The molecule has 0 aliphatic carbocycles. The van der Waals surface area contributed by atoms with Crippen LogP contribution in [0.15, 0.2) is 35.6 Å². The number of nitriles is 1. The van der Waals surface area contributed by atoms with Crippen molar-refractivity contribution < 1.29 is 27.5 Å². The van der Waals surface area contributed by atoms with E-state index >= 15 is 0 Å². The number of benzene rings is 1. The first-order valence-corrected chi connectivity index (χ1v) is 13.2. The molecule has 0 saturated carbocycles. The molecule has 1 rings (SSSR count). The normalized spacial score (nSPS) is 14.3. The van der Waals surface area contributed by atoms with Gasteiger partial charge in [-0.3, -0.25) is 4.79 Å². The van der Waals surface area contributed by atoms with Crippen LogP contribution >= 0.6 is 0 Å². The van der Waals surface area contributed by atoms with E-state index in [9.17, 15) is 28.3 Å². The van der Waals surface area contributed by atoms with Gasteiger partial charge in [0.25, 0.3) is 0 Å². The second-order valence-corrected chi connectivity index (χ2v) is 14.7. The lowest BCUT2D eigenvalue weighted by molar-refractivity contribution is -0.137. The smallest absolute Gasteiger partial charge is 0.416 e. The van der Waals surface area contributed by atoms with E-state index < -0.39 is 32.4 Å². The van der Waals surface area contributed by atoms with Gasteiger partial charge in [-0.15, -0.1) is 0 Å². The average molecular weight is 485 g/mol. The molecule has 1 aromatic carbocycles. The molecule has 0 radical (unpaired) electrons. The lowest BCUT2D eigenvalue weighted by Gasteiger charge is -2.44. The van der Waals surface area contributed by atoms with Crippen molar-refractivity contribution in [2.45, 2.75) is 90.2 Å². The largest absolute Gasteiger partial charge is 0.511 e. The van der Waals surface area contributed by atoms with Crippen molar-refractivity contribution in [3.05, 3.63) is 41.2 Å². The van der Waals surface area contributed by atoms with Crippen molar-refractivity contribution in [3.63, 3.8) is 0 Å². The number of amides is 1. The summed E-state index contributed by atoms with van der Waals surface area (Å²) >= 11 is 0. The highest BCUT2D eigenvalue weighted by Gasteiger charge is 2.46. The fourth-order valence-electron chi connectivity index (χ4n) is 4.51. The molecule has 1 aromatic rings. The molecule has 0 fully saturated rings. The zero-order chi connectivity index (χ0) is 25.6. The minimum atomic E-state index is -4.47. The fraction of sp³-hybridized carbons (Fsp3) is 0.583. The summed E-state index contributed by atoms with van der Waals surface area (Å²) in [6, 6.07) is 5.86. The molecule has 1 atom stereocenters. The van der Waals surface area contributed by atoms with Crippen molar-refractivity contribution >= 4 is 19.9 Å². The third kappa shape index (κ3) is 7.61. The SMILES string of the molecule is CC(C)[Si](O[C@H](C)CC(O)=C(C#N)CC(=O)Nc1ccc(C(F)(F)F)cc1)(C(C)C)C(C)C. The van der Waals surface area contributed by atoms with Gasteiger partial charge in [0.2, 0.25) is 14.2 Å². The summed E-state index contributed by atoms with van der Waals surface area (Å²) < 4.78 is 44.6. The average Bonchev–Trinajstić information content (AvgIpc) is 2.68. The summed E-state index contributed by atoms with van der Waals surface area (Å²) in [7, 11) is -2.18. The van der Waals surface area contributed by atoms with Crippen molar-refractivity contribution in [2.24, 2.45) is 0 Å². The summed E-state index contributed by atoms with van der Waals surface area (Å²) in [4.78, 5) is 12.3. The van der Waals surface area contributed by atoms with Gasteiger partial charge in [0, 0.05) is 18.2 Å². The van der Waals surface area contributed by atoms with Gasteiger partial charge in [-0.2, -0.15) is 18.4 Å². The molecule has 2 N–H and O–H groups in total. The van der Waals surface area contributed by atoms with Crippen molar-refractivity contribution in [1.82, 2.24) is 0 Å². The van der Waals surface area contributed by atoms with E-state index in [1.54, 1.807) is 0 Å². The number of carbonyl (C=O) groups is 1. The van der Waals surface area contributed by atoms with Crippen LogP contribution in [0.3, 0.4) is 0 Å². The third-order valence-electron chi connectivity index (χ3n) is 5.91. The van der Waals surface area contributed by atoms with E-state index in [-0.39, 0.29) is 29.5 Å². The van der Waals surface area contributed by atoms with E-state index in [0.717, 1.165) is 24.3 Å². The van der Waals surface area contributed by atoms with Gasteiger partial charge >= 0.3 is 6.18 Å². The maximum absolute atomic E-state index is 12.7. The van der Waals surface area contributed by atoms with Crippen LogP contribution in [0.25, 0.3) is 0 Å². The topological polar surface area (TPSA) is 82.3 Å². The first-order chi connectivity index (χ1) is 15.1. The second kappa shape index (κ2) is 11.7. The van der Waals surface area contributed by atoms with Crippen LogP contribution in [0.1, 0.15) is 66.9 Å². The quantitative estimate of drug-likeness (QED) is 0.207. The third-order valence-corrected chi connectivity index (χ3v) is 12.1. The number of nitrogens with zero attached hydrogens (tertiary/aromatic N) is 1. The Kier molecular flexibility index (Phi) is 10.2. The fourth-order valence-corrected chi connectivity index (χ4v) is 10.1. The molecule has 0 spiro atoms. The summed E-state index contributed by atoms with van der Waals surface area (Å²) in [5.74, 6) is -0.826. The first kappa shape index (κ1) is 28.7. The van der Waals surface area contributed by atoms with Gasteiger partial charge in [-0.1, -0.05) is 41.5 Å². The molecular weight excluding hydrogens is 449 g/mol.